The zero-order valence-electron chi connectivity index (χ0n) is 15.8. The number of ether oxygens (including phenoxy) is 1. The number of hydrogen-bond acceptors (Lipinski definition) is 2. The first-order valence-electron chi connectivity index (χ1n) is 10.1. The van der Waals surface area contributed by atoms with Crippen molar-refractivity contribution in [2.24, 2.45) is 0 Å². The van der Waals surface area contributed by atoms with Crippen molar-refractivity contribution in [2.45, 2.75) is 116 Å². The predicted molar refractivity (Wildman–Crippen MR) is 101 cm³/mol. The Kier molecular flexibility index (Phi) is 17.0. The van der Waals surface area contributed by atoms with Crippen LogP contribution in [0.4, 0.5) is 0 Å². The van der Waals surface area contributed by atoms with E-state index in [9.17, 15) is 4.79 Å². The van der Waals surface area contributed by atoms with E-state index in [-0.39, 0.29) is 12.1 Å². The van der Waals surface area contributed by atoms with Crippen LogP contribution in [0.15, 0.2) is 12.7 Å². The Labute approximate surface area is 145 Å². The fourth-order valence-corrected chi connectivity index (χ4v) is 2.96. The first-order valence-corrected chi connectivity index (χ1v) is 10.1. The molecule has 2 heteroatoms. The molecule has 0 heterocycles. The summed E-state index contributed by atoms with van der Waals surface area (Å²) in [4.78, 5) is 11.4. The summed E-state index contributed by atoms with van der Waals surface area (Å²) in [7, 11) is 0. The van der Waals surface area contributed by atoms with E-state index in [4.69, 9.17) is 4.74 Å². The Hall–Kier alpha value is -0.790. The first-order chi connectivity index (χ1) is 11.2. The highest BCUT2D eigenvalue weighted by atomic mass is 16.5. The lowest BCUT2D eigenvalue weighted by Gasteiger charge is -2.17. The highest BCUT2D eigenvalue weighted by Crippen LogP contribution is 2.17. The summed E-state index contributed by atoms with van der Waals surface area (Å²) < 4.78 is 5.49. The Morgan fingerprint density at radius 2 is 1.17 bits per heavy atom. The minimum Gasteiger partial charge on any atom is -0.459 e. The van der Waals surface area contributed by atoms with Crippen molar-refractivity contribution in [3.05, 3.63) is 12.7 Å². The van der Waals surface area contributed by atoms with Crippen molar-refractivity contribution in [3.8, 4) is 0 Å². The van der Waals surface area contributed by atoms with Crippen LogP contribution in [0.2, 0.25) is 0 Å². The zero-order valence-corrected chi connectivity index (χ0v) is 15.8. The number of carbonyl (C=O) groups is 1. The molecule has 0 saturated heterocycles. The fraction of sp³-hybridized carbons (Fsp3) is 0.857. The fourth-order valence-electron chi connectivity index (χ4n) is 2.96. The van der Waals surface area contributed by atoms with E-state index in [2.05, 4.69) is 20.4 Å². The summed E-state index contributed by atoms with van der Waals surface area (Å²) in [5.74, 6) is -0.263. The van der Waals surface area contributed by atoms with Crippen molar-refractivity contribution in [1.82, 2.24) is 0 Å². The van der Waals surface area contributed by atoms with Gasteiger partial charge in [-0.15, -0.1) is 0 Å². The van der Waals surface area contributed by atoms with Gasteiger partial charge in [-0.05, 0) is 25.7 Å². The van der Waals surface area contributed by atoms with Gasteiger partial charge in [0.05, 0.1) is 0 Å². The molecule has 1 unspecified atom stereocenters. The van der Waals surface area contributed by atoms with Crippen molar-refractivity contribution in [2.75, 3.05) is 0 Å². The van der Waals surface area contributed by atoms with Crippen LogP contribution in [0.3, 0.4) is 0 Å². The molecule has 0 N–H and O–H groups in total. The molecule has 2 nitrogen and oxygen atoms in total. The normalized spacial score (nSPS) is 12.1. The summed E-state index contributed by atoms with van der Waals surface area (Å²) >= 11 is 0. The van der Waals surface area contributed by atoms with Crippen LogP contribution >= 0.6 is 0 Å². The molecule has 0 rings (SSSR count). The largest absolute Gasteiger partial charge is 0.459 e. The van der Waals surface area contributed by atoms with Gasteiger partial charge in [0.2, 0.25) is 0 Å². The lowest BCUT2D eigenvalue weighted by Crippen LogP contribution is -2.16. The van der Waals surface area contributed by atoms with E-state index in [0.717, 1.165) is 12.8 Å². The molecule has 0 saturated carbocycles. The lowest BCUT2D eigenvalue weighted by atomic mass is 10.0. The number of carbonyl (C=O) groups excluding carboxylic acids is 1. The molecular formula is C21H40O2. The Bertz CT molecular complexity index is 273. The smallest absolute Gasteiger partial charge is 0.330 e. The number of esters is 1. The molecule has 0 aromatic carbocycles. The molecule has 0 aromatic rings. The molecule has 0 aliphatic carbocycles. The number of hydrogen-bond donors (Lipinski definition) is 0. The number of unbranched alkanes of at least 4 members (excludes halogenated alkanes) is 11. The molecule has 0 amide bonds. The molecule has 0 aliphatic heterocycles. The topological polar surface area (TPSA) is 26.3 Å². The standard InChI is InChI=1S/C21H40O2/c1-4-7-9-11-12-13-14-15-17-19-20(23-21(22)6-3)18-16-10-8-5-2/h6,20H,3-5,7-19H2,1-2H3. The second-order valence-electron chi connectivity index (χ2n) is 6.73. The van der Waals surface area contributed by atoms with Gasteiger partial charge in [-0.1, -0.05) is 91.1 Å². The van der Waals surface area contributed by atoms with Gasteiger partial charge in [-0.3, -0.25) is 0 Å². The van der Waals surface area contributed by atoms with Gasteiger partial charge >= 0.3 is 5.97 Å². The Morgan fingerprint density at radius 1 is 0.783 bits per heavy atom. The van der Waals surface area contributed by atoms with Crippen LogP contribution < -0.4 is 0 Å². The summed E-state index contributed by atoms with van der Waals surface area (Å²) in [6, 6.07) is 0. The molecular weight excluding hydrogens is 284 g/mol. The van der Waals surface area contributed by atoms with Crippen LogP contribution in [-0.4, -0.2) is 12.1 Å². The van der Waals surface area contributed by atoms with E-state index in [1.165, 1.54) is 89.5 Å². The van der Waals surface area contributed by atoms with Gasteiger partial charge in [0, 0.05) is 6.08 Å². The average molecular weight is 325 g/mol. The first kappa shape index (κ1) is 22.2. The monoisotopic (exact) mass is 324 g/mol. The van der Waals surface area contributed by atoms with Gasteiger partial charge in [0.25, 0.3) is 0 Å². The van der Waals surface area contributed by atoms with Gasteiger partial charge in [0.15, 0.2) is 0 Å². The zero-order chi connectivity index (χ0) is 17.2. The van der Waals surface area contributed by atoms with Gasteiger partial charge in [-0.2, -0.15) is 0 Å². The second-order valence-corrected chi connectivity index (χ2v) is 6.73. The average Bonchev–Trinajstić information content (AvgIpc) is 2.56. The molecule has 0 fully saturated rings. The number of rotatable bonds is 17. The quantitative estimate of drug-likeness (QED) is 0.164. The third-order valence-electron chi connectivity index (χ3n) is 4.46. The molecule has 1 atom stereocenters. The maximum absolute atomic E-state index is 11.4. The van der Waals surface area contributed by atoms with Crippen molar-refractivity contribution in [3.63, 3.8) is 0 Å². The third-order valence-corrected chi connectivity index (χ3v) is 4.46. The minimum atomic E-state index is -0.263. The van der Waals surface area contributed by atoms with E-state index in [1.807, 2.05) is 0 Å². The van der Waals surface area contributed by atoms with E-state index < -0.39 is 0 Å². The summed E-state index contributed by atoms with van der Waals surface area (Å²) in [5.41, 5.74) is 0. The van der Waals surface area contributed by atoms with Crippen molar-refractivity contribution < 1.29 is 9.53 Å². The summed E-state index contributed by atoms with van der Waals surface area (Å²) in [6.45, 7) is 7.98. The lowest BCUT2D eigenvalue weighted by molar-refractivity contribution is -0.143. The van der Waals surface area contributed by atoms with Crippen molar-refractivity contribution >= 4 is 5.97 Å². The van der Waals surface area contributed by atoms with E-state index in [1.54, 1.807) is 0 Å². The van der Waals surface area contributed by atoms with Crippen LogP contribution in [0.1, 0.15) is 110 Å². The maximum Gasteiger partial charge on any atom is 0.330 e. The van der Waals surface area contributed by atoms with E-state index in [0.29, 0.717) is 0 Å². The Balaban J connectivity index is 3.68. The summed E-state index contributed by atoms with van der Waals surface area (Å²) in [5, 5.41) is 0. The van der Waals surface area contributed by atoms with Crippen LogP contribution in [0.25, 0.3) is 0 Å². The highest BCUT2D eigenvalue weighted by Gasteiger charge is 2.12. The van der Waals surface area contributed by atoms with Gasteiger partial charge in [0.1, 0.15) is 6.10 Å². The molecule has 0 radical (unpaired) electrons. The second kappa shape index (κ2) is 17.6. The maximum atomic E-state index is 11.4. The minimum absolute atomic E-state index is 0.0990. The van der Waals surface area contributed by atoms with E-state index >= 15 is 0 Å². The Morgan fingerprint density at radius 3 is 1.61 bits per heavy atom. The molecule has 0 bridgehead atoms. The summed E-state index contributed by atoms with van der Waals surface area (Å²) in [6.07, 6.45) is 20.4. The molecule has 136 valence electrons. The molecule has 23 heavy (non-hydrogen) atoms. The predicted octanol–water partition coefficient (Wildman–Crippen LogP) is 6.98. The van der Waals surface area contributed by atoms with Gasteiger partial charge in [-0.25, -0.2) is 4.79 Å². The molecule has 0 aromatic heterocycles. The van der Waals surface area contributed by atoms with Crippen LogP contribution in [0.5, 0.6) is 0 Å². The molecule has 0 aliphatic rings. The van der Waals surface area contributed by atoms with Crippen LogP contribution in [0, 0.1) is 0 Å². The highest BCUT2D eigenvalue weighted by molar-refractivity contribution is 5.81. The van der Waals surface area contributed by atoms with Crippen LogP contribution in [-0.2, 0) is 9.53 Å². The van der Waals surface area contributed by atoms with Crippen molar-refractivity contribution in [1.29, 1.82) is 0 Å². The van der Waals surface area contributed by atoms with Gasteiger partial charge < -0.3 is 4.74 Å². The SMILES string of the molecule is C=CC(=O)OC(CCCCCC)CCCCCCCCCCC. The third kappa shape index (κ3) is 15.9. The molecule has 0 spiro atoms.